The molecule has 0 heterocycles. The number of amides is 1. The summed E-state index contributed by atoms with van der Waals surface area (Å²) < 4.78 is 22.2. The number of hydrogen-bond acceptors (Lipinski definition) is 5. The molecule has 0 aliphatic rings. The molecule has 7 heteroatoms. The van der Waals surface area contributed by atoms with Crippen LogP contribution in [0, 0.1) is 0 Å². The van der Waals surface area contributed by atoms with Crippen LogP contribution in [-0.4, -0.2) is 33.3 Å². The third-order valence-corrected chi connectivity index (χ3v) is 5.23. The predicted molar refractivity (Wildman–Crippen MR) is 129 cm³/mol. The zero-order valence-corrected chi connectivity index (χ0v) is 19.8. The Morgan fingerprint density at radius 2 is 1.61 bits per heavy atom. The monoisotopic (exact) mass is 469 g/mol. The fourth-order valence-corrected chi connectivity index (χ4v) is 3.41. The average molecular weight is 470 g/mol. The highest BCUT2D eigenvalue weighted by molar-refractivity contribution is 6.30. The van der Waals surface area contributed by atoms with Crippen LogP contribution >= 0.6 is 11.6 Å². The number of benzene rings is 3. The first-order valence-corrected chi connectivity index (χ1v) is 11.0. The second kappa shape index (κ2) is 12.0. The van der Waals surface area contributed by atoms with Crippen molar-refractivity contribution >= 4 is 17.5 Å². The zero-order chi connectivity index (χ0) is 23.6. The molecule has 3 aromatic rings. The first kappa shape index (κ1) is 24.3. The van der Waals surface area contributed by atoms with Gasteiger partial charge < -0.3 is 24.3 Å². The zero-order valence-electron chi connectivity index (χ0n) is 19.0. The standard InChI is InChI=1S/C26H28ClNO5/c1-4-32-23-12-6-19(16-20(23)17-33-22-9-7-21(27)8-10-22)26(29)28-14-13-18-5-11-24(30-2)25(15-18)31-3/h5-12,15-16H,4,13-14,17H2,1-3H3,(H,28,29). The van der Waals surface area contributed by atoms with E-state index in [0.29, 0.717) is 53.2 Å². The average Bonchev–Trinajstić information content (AvgIpc) is 2.84. The number of carbonyl (C=O) groups excluding carboxylic acids is 1. The third-order valence-electron chi connectivity index (χ3n) is 4.98. The summed E-state index contributed by atoms with van der Waals surface area (Å²) in [6, 6.07) is 18.2. The Kier molecular flexibility index (Phi) is 8.84. The summed E-state index contributed by atoms with van der Waals surface area (Å²) in [5.74, 6) is 2.55. The molecule has 0 saturated carbocycles. The largest absolute Gasteiger partial charge is 0.493 e. The highest BCUT2D eigenvalue weighted by Gasteiger charge is 2.12. The van der Waals surface area contributed by atoms with Crippen molar-refractivity contribution in [2.45, 2.75) is 20.0 Å². The lowest BCUT2D eigenvalue weighted by Gasteiger charge is -2.14. The van der Waals surface area contributed by atoms with E-state index in [9.17, 15) is 4.79 Å². The molecule has 0 atom stereocenters. The summed E-state index contributed by atoms with van der Waals surface area (Å²) in [4.78, 5) is 12.7. The lowest BCUT2D eigenvalue weighted by Crippen LogP contribution is -2.25. The van der Waals surface area contributed by atoms with E-state index >= 15 is 0 Å². The van der Waals surface area contributed by atoms with E-state index in [0.717, 1.165) is 11.1 Å². The van der Waals surface area contributed by atoms with Gasteiger partial charge in [-0.1, -0.05) is 17.7 Å². The van der Waals surface area contributed by atoms with Gasteiger partial charge in [0, 0.05) is 22.7 Å². The summed E-state index contributed by atoms with van der Waals surface area (Å²) in [5, 5.41) is 3.61. The molecule has 0 aliphatic carbocycles. The van der Waals surface area contributed by atoms with Crippen molar-refractivity contribution in [2.75, 3.05) is 27.4 Å². The summed E-state index contributed by atoms with van der Waals surface area (Å²) >= 11 is 5.93. The molecule has 3 rings (SSSR count). The Morgan fingerprint density at radius 3 is 2.30 bits per heavy atom. The predicted octanol–water partition coefficient (Wildman–Crippen LogP) is 5.31. The molecule has 0 aromatic heterocycles. The summed E-state index contributed by atoms with van der Waals surface area (Å²) in [6.45, 7) is 3.19. The van der Waals surface area contributed by atoms with Gasteiger partial charge in [0.05, 0.1) is 20.8 Å². The summed E-state index contributed by atoms with van der Waals surface area (Å²) in [7, 11) is 3.20. The fourth-order valence-electron chi connectivity index (χ4n) is 3.28. The maximum atomic E-state index is 12.7. The Labute approximate surface area is 199 Å². The summed E-state index contributed by atoms with van der Waals surface area (Å²) in [5.41, 5.74) is 2.37. The molecule has 6 nitrogen and oxygen atoms in total. The molecule has 1 amide bonds. The molecule has 1 N–H and O–H groups in total. The van der Waals surface area contributed by atoms with Crippen LogP contribution in [0.5, 0.6) is 23.0 Å². The molecule has 0 saturated heterocycles. The second-order valence-electron chi connectivity index (χ2n) is 7.19. The van der Waals surface area contributed by atoms with Gasteiger partial charge in [-0.05, 0) is 73.5 Å². The van der Waals surface area contributed by atoms with E-state index in [1.54, 1.807) is 56.7 Å². The minimum atomic E-state index is -0.161. The molecule has 0 bridgehead atoms. The van der Waals surface area contributed by atoms with Gasteiger partial charge in [-0.2, -0.15) is 0 Å². The van der Waals surface area contributed by atoms with E-state index < -0.39 is 0 Å². The first-order chi connectivity index (χ1) is 16.0. The number of halogens is 1. The van der Waals surface area contributed by atoms with Crippen molar-refractivity contribution in [3.63, 3.8) is 0 Å². The topological polar surface area (TPSA) is 66.0 Å². The lowest BCUT2D eigenvalue weighted by atomic mass is 10.1. The van der Waals surface area contributed by atoms with E-state index in [2.05, 4.69) is 5.32 Å². The Hall–Kier alpha value is -3.38. The van der Waals surface area contributed by atoms with E-state index in [4.69, 9.17) is 30.5 Å². The molecular formula is C26H28ClNO5. The van der Waals surface area contributed by atoms with Gasteiger partial charge in [0.1, 0.15) is 18.1 Å². The van der Waals surface area contributed by atoms with Crippen molar-refractivity contribution in [2.24, 2.45) is 0 Å². The fraction of sp³-hybridized carbons (Fsp3) is 0.269. The third kappa shape index (κ3) is 6.80. The van der Waals surface area contributed by atoms with Gasteiger partial charge >= 0.3 is 0 Å². The first-order valence-electron chi connectivity index (χ1n) is 10.7. The van der Waals surface area contributed by atoms with Crippen molar-refractivity contribution in [3.8, 4) is 23.0 Å². The summed E-state index contributed by atoms with van der Waals surface area (Å²) in [6.07, 6.45) is 0.662. The van der Waals surface area contributed by atoms with Crippen LogP contribution in [0.2, 0.25) is 5.02 Å². The Morgan fingerprint density at radius 1 is 0.879 bits per heavy atom. The lowest BCUT2D eigenvalue weighted by molar-refractivity contribution is 0.0954. The molecule has 0 radical (unpaired) electrons. The van der Waals surface area contributed by atoms with Gasteiger partial charge in [0.15, 0.2) is 11.5 Å². The minimum Gasteiger partial charge on any atom is -0.493 e. The highest BCUT2D eigenvalue weighted by atomic mass is 35.5. The molecule has 33 heavy (non-hydrogen) atoms. The van der Waals surface area contributed by atoms with Crippen molar-refractivity contribution in [1.82, 2.24) is 5.32 Å². The minimum absolute atomic E-state index is 0.161. The van der Waals surface area contributed by atoms with E-state index in [-0.39, 0.29) is 12.5 Å². The van der Waals surface area contributed by atoms with Crippen LogP contribution < -0.4 is 24.3 Å². The maximum absolute atomic E-state index is 12.7. The quantitative estimate of drug-likeness (QED) is 0.412. The van der Waals surface area contributed by atoms with Crippen molar-refractivity contribution < 1.29 is 23.7 Å². The molecule has 0 unspecified atom stereocenters. The van der Waals surface area contributed by atoms with Gasteiger partial charge in [0.2, 0.25) is 0 Å². The number of rotatable bonds is 11. The molecule has 0 spiro atoms. The molecule has 0 fully saturated rings. The molecule has 0 aliphatic heterocycles. The van der Waals surface area contributed by atoms with Crippen molar-refractivity contribution in [1.29, 1.82) is 0 Å². The van der Waals surface area contributed by atoms with Gasteiger partial charge in [-0.15, -0.1) is 0 Å². The number of nitrogens with one attached hydrogen (secondary N) is 1. The van der Waals surface area contributed by atoms with Gasteiger partial charge in [-0.3, -0.25) is 4.79 Å². The molecule has 174 valence electrons. The van der Waals surface area contributed by atoms with Crippen LogP contribution in [0.4, 0.5) is 0 Å². The smallest absolute Gasteiger partial charge is 0.251 e. The van der Waals surface area contributed by atoms with Crippen LogP contribution in [0.1, 0.15) is 28.4 Å². The Balaban J connectivity index is 1.63. The number of methoxy groups -OCH3 is 2. The van der Waals surface area contributed by atoms with Gasteiger partial charge in [0.25, 0.3) is 5.91 Å². The molecule has 3 aromatic carbocycles. The van der Waals surface area contributed by atoms with E-state index in [1.165, 1.54) is 0 Å². The number of ether oxygens (including phenoxy) is 4. The van der Waals surface area contributed by atoms with Crippen molar-refractivity contribution in [3.05, 3.63) is 82.4 Å². The van der Waals surface area contributed by atoms with Gasteiger partial charge in [-0.25, -0.2) is 0 Å². The SMILES string of the molecule is CCOc1ccc(C(=O)NCCc2ccc(OC)c(OC)c2)cc1COc1ccc(Cl)cc1. The number of hydrogen-bond donors (Lipinski definition) is 1. The van der Waals surface area contributed by atoms with Crippen LogP contribution in [0.25, 0.3) is 0 Å². The second-order valence-corrected chi connectivity index (χ2v) is 7.63. The maximum Gasteiger partial charge on any atom is 0.251 e. The highest BCUT2D eigenvalue weighted by Crippen LogP contribution is 2.28. The van der Waals surface area contributed by atoms with Crippen LogP contribution in [0.3, 0.4) is 0 Å². The number of carbonyl (C=O) groups is 1. The van der Waals surface area contributed by atoms with Crippen LogP contribution in [-0.2, 0) is 13.0 Å². The van der Waals surface area contributed by atoms with E-state index in [1.807, 2.05) is 25.1 Å². The Bertz CT molecular complexity index is 1070. The molecular weight excluding hydrogens is 442 g/mol. The normalized spacial score (nSPS) is 10.4. The van der Waals surface area contributed by atoms with Crippen LogP contribution in [0.15, 0.2) is 60.7 Å².